The highest BCUT2D eigenvalue weighted by molar-refractivity contribution is 7.21. The van der Waals surface area contributed by atoms with Crippen LogP contribution >= 0.6 is 22.7 Å². The Balaban J connectivity index is 1.51. The number of thiophene rings is 2. The molecule has 6 nitrogen and oxygen atoms in total. The number of esters is 1. The summed E-state index contributed by atoms with van der Waals surface area (Å²) in [6.07, 6.45) is 3.05. The molecule has 3 heterocycles. The van der Waals surface area contributed by atoms with Crippen LogP contribution in [0.1, 0.15) is 44.6 Å². The molecule has 0 fully saturated rings. The van der Waals surface area contributed by atoms with Gasteiger partial charge in [-0.2, -0.15) is 0 Å². The Labute approximate surface area is 199 Å². The first kappa shape index (κ1) is 21.6. The number of amides is 1. The zero-order valence-corrected chi connectivity index (χ0v) is 19.9. The van der Waals surface area contributed by atoms with E-state index >= 15 is 0 Å². The smallest absolute Gasteiger partial charge is 0.341 e. The van der Waals surface area contributed by atoms with Gasteiger partial charge < -0.3 is 15.8 Å². The molecule has 0 aliphatic heterocycles. The van der Waals surface area contributed by atoms with Gasteiger partial charge in [-0.05, 0) is 42.4 Å². The number of hydrogen-bond acceptors (Lipinski definition) is 7. The van der Waals surface area contributed by atoms with Crippen LogP contribution in [0.2, 0.25) is 0 Å². The molecule has 0 saturated heterocycles. The number of nitrogens with zero attached hydrogens (tertiary/aromatic N) is 1. The molecule has 0 spiro atoms. The van der Waals surface area contributed by atoms with Crippen molar-refractivity contribution < 1.29 is 14.3 Å². The second kappa shape index (κ2) is 8.61. The molecule has 3 aromatic heterocycles. The summed E-state index contributed by atoms with van der Waals surface area (Å²) in [5.41, 5.74) is 11.1. The van der Waals surface area contributed by atoms with Crippen LogP contribution in [0.5, 0.6) is 0 Å². The standard InChI is InChI=1S/C25H23N3O3S2/c1-13-8-9-18-15(10-13)11-16-20(26)21(33-23(16)27-18)22(29)28-24-19(25(30)31-2)17(12-32-24)14-6-4-3-5-7-14/h3-7,11-13H,8-10,26H2,1-2H3,(H,28,29). The van der Waals surface area contributed by atoms with Crippen molar-refractivity contribution in [1.82, 2.24) is 4.98 Å². The van der Waals surface area contributed by atoms with Gasteiger partial charge in [-0.15, -0.1) is 22.7 Å². The summed E-state index contributed by atoms with van der Waals surface area (Å²) in [6.45, 7) is 2.24. The zero-order valence-electron chi connectivity index (χ0n) is 18.3. The molecule has 3 N–H and O–H groups in total. The maximum Gasteiger partial charge on any atom is 0.341 e. The van der Waals surface area contributed by atoms with Crippen molar-refractivity contribution in [3.8, 4) is 11.1 Å². The molecule has 1 aromatic carbocycles. The number of nitrogen functional groups attached to an aromatic ring is 1. The van der Waals surface area contributed by atoms with Gasteiger partial charge in [0.05, 0.1) is 12.8 Å². The number of methoxy groups -OCH3 is 1. The topological polar surface area (TPSA) is 94.3 Å². The molecule has 0 radical (unpaired) electrons. The maximum atomic E-state index is 13.2. The molecule has 1 amide bonds. The van der Waals surface area contributed by atoms with Gasteiger partial charge in [-0.1, -0.05) is 37.3 Å². The summed E-state index contributed by atoms with van der Waals surface area (Å²) < 4.78 is 5.01. The van der Waals surface area contributed by atoms with E-state index in [1.54, 1.807) is 0 Å². The number of rotatable bonds is 4. The van der Waals surface area contributed by atoms with Gasteiger partial charge in [0, 0.05) is 22.0 Å². The van der Waals surface area contributed by atoms with Crippen molar-refractivity contribution in [3.05, 3.63) is 63.5 Å². The van der Waals surface area contributed by atoms with Crippen molar-refractivity contribution in [1.29, 1.82) is 0 Å². The summed E-state index contributed by atoms with van der Waals surface area (Å²) in [5, 5.41) is 6.00. The van der Waals surface area contributed by atoms with Crippen LogP contribution in [0.3, 0.4) is 0 Å². The molecular formula is C25H23N3O3S2. The lowest BCUT2D eigenvalue weighted by Crippen LogP contribution is -2.14. The van der Waals surface area contributed by atoms with E-state index < -0.39 is 5.97 Å². The molecule has 1 unspecified atom stereocenters. The fourth-order valence-electron chi connectivity index (χ4n) is 4.29. The Morgan fingerprint density at radius 2 is 2.03 bits per heavy atom. The third kappa shape index (κ3) is 3.89. The van der Waals surface area contributed by atoms with E-state index in [2.05, 4.69) is 18.3 Å². The van der Waals surface area contributed by atoms with E-state index in [1.165, 1.54) is 35.3 Å². The van der Waals surface area contributed by atoms with Crippen LogP contribution in [0.4, 0.5) is 10.7 Å². The molecule has 0 saturated carbocycles. The van der Waals surface area contributed by atoms with E-state index in [9.17, 15) is 9.59 Å². The minimum absolute atomic E-state index is 0.337. The van der Waals surface area contributed by atoms with Gasteiger partial charge >= 0.3 is 5.97 Å². The normalized spacial score (nSPS) is 15.3. The SMILES string of the molecule is COC(=O)c1c(-c2ccccc2)csc1NC(=O)c1sc2nc3c(cc2c1N)CC(C)CC3. The molecule has 1 aliphatic carbocycles. The van der Waals surface area contributed by atoms with E-state index in [1.807, 2.05) is 35.7 Å². The quantitative estimate of drug-likeness (QED) is 0.364. The Hall–Kier alpha value is -3.23. The fraction of sp³-hybridized carbons (Fsp3) is 0.240. The molecule has 1 atom stereocenters. The van der Waals surface area contributed by atoms with Crippen molar-refractivity contribution in [3.63, 3.8) is 0 Å². The van der Waals surface area contributed by atoms with Crippen LogP contribution in [-0.4, -0.2) is 24.0 Å². The fourth-order valence-corrected chi connectivity index (χ4v) is 6.23. The Bertz CT molecular complexity index is 1370. The summed E-state index contributed by atoms with van der Waals surface area (Å²) in [5.74, 6) is -0.236. The molecule has 0 bridgehead atoms. The van der Waals surface area contributed by atoms with E-state index in [0.29, 0.717) is 27.0 Å². The molecule has 4 aromatic rings. The second-order valence-electron chi connectivity index (χ2n) is 8.30. The van der Waals surface area contributed by atoms with Crippen LogP contribution in [0.15, 0.2) is 41.8 Å². The van der Waals surface area contributed by atoms with Gasteiger partial charge in [-0.25, -0.2) is 9.78 Å². The van der Waals surface area contributed by atoms with Gasteiger partial charge in [0.2, 0.25) is 0 Å². The second-order valence-corrected chi connectivity index (χ2v) is 10.2. The van der Waals surface area contributed by atoms with Crippen molar-refractivity contribution in [2.24, 2.45) is 5.92 Å². The Morgan fingerprint density at radius 1 is 1.24 bits per heavy atom. The number of carbonyl (C=O) groups is 2. The van der Waals surface area contributed by atoms with Gasteiger partial charge in [0.25, 0.3) is 5.91 Å². The van der Waals surface area contributed by atoms with Crippen LogP contribution in [0.25, 0.3) is 21.3 Å². The van der Waals surface area contributed by atoms with Crippen molar-refractivity contribution in [2.75, 3.05) is 18.2 Å². The maximum absolute atomic E-state index is 13.2. The Kier molecular flexibility index (Phi) is 5.64. The zero-order chi connectivity index (χ0) is 23.1. The first-order valence-electron chi connectivity index (χ1n) is 10.7. The van der Waals surface area contributed by atoms with E-state index in [4.69, 9.17) is 15.5 Å². The molecule has 5 rings (SSSR count). The number of aromatic nitrogens is 1. The third-order valence-corrected chi connectivity index (χ3v) is 8.04. The number of anilines is 2. The van der Waals surface area contributed by atoms with Gasteiger partial charge in [0.15, 0.2) is 0 Å². The van der Waals surface area contributed by atoms with E-state index in [0.717, 1.165) is 46.3 Å². The minimum Gasteiger partial charge on any atom is -0.465 e. The number of ether oxygens (including phenoxy) is 1. The van der Waals surface area contributed by atoms with Crippen LogP contribution in [0, 0.1) is 5.92 Å². The number of nitrogens with two attached hydrogens (primary N) is 1. The predicted molar refractivity (Wildman–Crippen MR) is 134 cm³/mol. The first-order chi connectivity index (χ1) is 16.0. The highest BCUT2D eigenvalue weighted by Gasteiger charge is 2.26. The number of aryl methyl sites for hydroxylation is 1. The number of carbonyl (C=O) groups excluding carboxylic acids is 2. The number of hydrogen-bond donors (Lipinski definition) is 2. The summed E-state index contributed by atoms with van der Waals surface area (Å²) in [4.78, 5) is 31.8. The van der Waals surface area contributed by atoms with Gasteiger partial charge in [0.1, 0.15) is 20.3 Å². The molecular weight excluding hydrogens is 454 g/mol. The lowest BCUT2D eigenvalue weighted by Gasteiger charge is -2.20. The monoisotopic (exact) mass is 477 g/mol. The average Bonchev–Trinajstić information content (AvgIpc) is 3.38. The first-order valence-corrected chi connectivity index (χ1v) is 12.4. The largest absolute Gasteiger partial charge is 0.465 e. The third-order valence-electron chi connectivity index (χ3n) is 6.03. The lowest BCUT2D eigenvalue weighted by atomic mass is 9.87. The predicted octanol–water partition coefficient (Wildman–Crippen LogP) is 5.77. The van der Waals surface area contributed by atoms with Crippen molar-refractivity contribution in [2.45, 2.75) is 26.2 Å². The highest BCUT2D eigenvalue weighted by Crippen LogP contribution is 2.39. The lowest BCUT2D eigenvalue weighted by molar-refractivity contribution is 0.0603. The summed E-state index contributed by atoms with van der Waals surface area (Å²) in [7, 11) is 1.33. The van der Waals surface area contributed by atoms with Crippen LogP contribution < -0.4 is 11.1 Å². The summed E-state index contributed by atoms with van der Waals surface area (Å²) >= 11 is 2.57. The molecule has 168 valence electrons. The van der Waals surface area contributed by atoms with Crippen molar-refractivity contribution >= 4 is 55.5 Å². The van der Waals surface area contributed by atoms with Crippen LogP contribution in [-0.2, 0) is 17.6 Å². The number of nitrogens with one attached hydrogen (secondary N) is 1. The number of fused-ring (bicyclic) bond motifs is 2. The number of benzene rings is 1. The Morgan fingerprint density at radius 3 is 2.79 bits per heavy atom. The highest BCUT2D eigenvalue weighted by atomic mass is 32.1. The average molecular weight is 478 g/mol. The molecule has 33 heavy (non-hydrogen) atoms. The van der Waals surface area contributed by atoms with Gasteiger partial charge in [-0.3, -0.25) is 4.79 Å². The van der Waals surface area contributed by atoms with E-state index in [-0.39, 0.29) is 5.91 Å². The minimum atomic E-state index is -0.502. The summed E-state index contributed by atoms with van der Waals surface area (Å²) in [6, 6.07) is 11.6. The molecule has 8 heteroatoms. The molecule has 1 aliphatic rings. The number of pyridine rings is 1.